The SMILES string of the molecule is CC(O)c1noc(C2CCN(C(C)C)CC2)n1. The van der Waals surface area contributed by atoms with Crippen LogP contribution in [0.15, 0.2) is 4.52 Å². The molecular formula is C12H21N3O2. The molecule has 2 heterocycles. The lowest BCUT2D eigenvalue weighted by atomic mass is 9.96. The summed E-state index contributed by atoms with van der Waals surface area (Å²) in [5.41, 5.74) is 0. The Hall–Kier alpha value is -0.940. The van der Waals surface area contributed by atoms with Crippen molar-refractivity contribution in [2.24, 2.45) is 0 Å². The second-order valence-electron chi connectivity index (χ2n) is 5.07. The minimum atomic E-state index is -0.650. The first-order chi connectivity index (χ1) is 8.08. The van der Waals surface area contributed by atoms with Gasteiger partial charge >= 0.3 is 0 Å². The largest absolute Gasteiger partial charge is 0.385 e. The summed E-state index contributed by atoms with van der Waals surface area (Å²) in [6, 6.07) is 0.603. The maximum absolute atomic E-state index is 9.36. The molecule has 17 heavy (non-hydrogen) atoms. The van der Waals surface area contributed by atoms with Crippen LogP contribution in [0.25, 0.3) is 0 Å². The minimum Gasteiger partial charge on any atom is -0.385 e. The Kier molecular flexibility index (Phi) is 3.79. The third-order valence-corrected chi connectivity index (χ3v) is 3.44. The Morgan fingerprint density at radius 2 is 1.94 bits per heavy atom. The Balaban J connectivity index is 1.96. The van der Waals surface area contributed by atoms with Gasteiger partial charge in [-0.25, -0.2) is 0 Å². The molecule has 1 aromatic rings. The summed E-state index contributed by atoms with van der Waals surface area (Å²) in [6.45, 7) is 8.25. The maximum Gasteiger partial charge on any atom is 0.229 e. The van der Waals surface area contributed by atoms with Gasteiger partial charge in [0.2, 0.25) is 5.89 Å². The molecule has 2 rings (SSSR count). The normalized spacial score (nSPS) is 21.0. The van der Waals surface area contributed by atoms with Crippen LogP contribution < -0.4 is 0 Å². The summed E-state index contributed by atoms with van der Waals surface area (Å²) < 4.78 is 5.22. The highest BCUT2D eigenvalue weighted by Gasteiger charge is 2.26. The fourth-order valence-electron chi connectivity index (χ4n) is 2.25. The van der Waals surface area contributed by atoms with Crippen molar-refractivity contribution >= 4 is 0 Å². The number of aliphatic hydroxyl groups excluding tert-OH is 1. The number of nitrogens with zero attached hydrogens (tertiary/aromatic N) is 3. The zero-order valence-corrected chi connectivity index (χ0v) is 10.8. The van der Waals surface area contributed by atoms with Crippen molar-refractivity contribution in [3.8, 4) is 0 Å². The van der Waals surface area contributed by atoms with E-state index in [1.165, 1.54) is 0 Å². The lowest BCUT2D eigenvalue weighted by Gasteiger charge is -2.33. The Morgan fingerprint density at radius 1 is 1.29 bits per heavy atom. The summed E-state index contributed by atoms with van der Waals surface area (Å²) in [5.74, 6) is 1.43. The van der Waals surface area contributed by atoms with Crippen LogP contribution in [0, 0.1) is 0 Å². The van der Waals surface area contributed by atoms with Gasteiger partial charge < -0.3 is 14.5 Å². The van der Waals surface area contributed by atoms with E-state index in [9.17, 15) is 5.11 Å². The number of aliphatic hydroxyl groups is 1. The summed E-state index contributed by atoms with van der Waals surface area (Å²) >= 11 is 0. The van der Waals surface area contributed by atoms with Crippen molar-refractivity contribution in [1.82, 2.24) is 15.0 Å². The molecule has 0 spiro atoms. The molecule has 1 saturated heterocycles. The first-order valence-corrected chi connectivity index (χ1v) is 6.33. The quantitative estimate of drug-likeness (QED) is 0.870. The first-order valence-electron chi connectivity index (χ1n) is 6.33. The van der Waals surface area contributed by atoms with E-state index < -0.39 is 6.10 Å². The molecule has 5 heteroatoms. The predicted molar refractivity (Wildman–Crippen MR) is 63.6 cm³/mol. The van der Waals surface area contributed by atoms with Crippen LogP contribution in [0.1, 0.15) is 57.3 Å². The lowest BCUT2D eigenvalue weighted by molar-refractivity contribution is 0.159. The fraction of sp³-hybridized carbons (Fsp3) is 0.833. The van der Waals surface area contributed by atoms with Crippen LogP contribution in [0.3, 0.4) is 0 Å². The molecule has 1 fully saturated rings. The Labute approximate surface area is 102 Å². The van der Waals surface area contributed by atoms with Gasteiger partial charge in [-0.3, -0.25) is 0 Å². The molecule has 1 atom stereocenters. The van der Waals surface area contributed by atoms with Gasteiger partial charge in [0.25, 0.3) is 0 Å². The van der Waals surface area contributed by atoms with Crippen LogP contribution in [0.2, 0.25) is 0 Å². The highest BCUT2D eigenvalue weighted by molar-refractivity contribution is 4.98. The maximum atomic E-state index is 9.36. The van der Waals surface area contributed by atoms with Gasteiger partial charge in [0.15, 0.2) is 5.82 Å². The van der Waals surface area contributed by atoms with Gasteiger partial charge in [0, 0.05) is 12.0 Å². The molecule has 1 aliphatic heterocycles. The van der Waals surface area contributed by atoms with E-state index in [4.69, 9.17) is 4.52 Å². The zero-order valence-electron chi connectivity index (χ0n) is 10.8. The molecule has 0 amide bonds. The van der Waals surface area contributed by atoms with Gasteiger partial charge in [0.1, 0.15) is 6.10 Å². The topological polar surface area (TPSA) is 62.4 Å². The molecule has 0 bridgehead atoms. The van der Waals surface area contributed by atoms with E-state index in [1.54, 1.807) is 6.92 Å². The van der Waals surface area contributed by atoms with Crippen LogP contribution in [0.5, 0.6) is 0 Å². The first kappa shape index (κ1) is 12.5. The standard InChI is InChI=1S/C12H21N3O2/c1-8(2)15-6-4-10(5-7-15)12-13-11(9(3)16)14-17-12/h8-10,16H,4-7H2,1-3H3. The molecule has 5 nitrogen and oxygen atoms in total. The number of piperidine rings is 1. The lowest BCUT2D eigenvalue weighted by Crippen LogP contribution is -2.37. The van der Waals surface area contributed by atoms with E-state index in [0.29, 0.717) is 23.7 Å². The molecule has 0 radical (unpaired) electrons. The molecule has 0 aliphatic carbocycles. The van der Waals surface area contributed by atoms with Crippen molar-refractivity contribution in [3.63, 3.8) is 0 Å². The van der Waals surface area contributed by atoms with Crippen LogP contribution >= 0.6 is 0 Å². The summed E-state index contributed by atoms with van der Waals surface area (Å²) in [5, 5.41) is 13.2. The van der Waals surface area contributed by atoms with Crippen molar-refractivity contribution in [1.29, 1.82) is 0 Å². The molecule has 96 valence electrons. The molecule has 1 aromatic heterocycles. The number of hydrogen-bond acceptors (Lipinski definition) is 5. The average Bonchev–Trinajstić information content (AvgIpc) is 2.78. The Bertz CT molecular complexity index is 354. The number of aromatic nitrogens is 2. The van der Waals surface area contributed by atoms with Gasteiger partial charge in [-0.15, -0.1) is 0 Å². The molecule has 1 unspecified atom stereocenters. The highest BCUT2D eigenvalue weighted by Crippen LogP contribution is 2.28. The number of rotatable bonds is 3. The molecule has 0 aromatic carbocycles. The van der Waals surface area contributed by atoms with E-state index >= 15 is 0 Å². The summed E-state index contributed by atoms with van der Waals surface area (Å²) in [6.07, 6.45) is 1.46. The van der Waals surface area contributed by atoms with E-state index in [-0.39, 0.29) is 0 Å². The molecule has 1 N–H and O–H groups in total. The second-order valence-corrected chi connectivity index (χ2v) is 5.07. The van der Waals surface area contributed by atoms with E-state index in [1.807, 2.05) is 0 Å². The van der Waals surface area contributed by atoms with Crippen LogP contribution in [0.4, 0.5) is 0 Å². The van der Waals surface area contributed by atoms with Crippen molar-refractivity contribution in [2.45, 2.75) is 51.7 Å². The van der Waals surface area contributed by atoms with E-state index in [2.05, 4.69) is 28.9 Å². The zero-order chi connectivity index (χ0) is 12.4. The highest BCUT2D eigenvalue weighted by atomic mass is 16.5. The smallest absolute Gasteiger partial charge is 0.229 e. The van der Waals surface area contributed by atoms with Crippen LogP contribution in [-0.2, 0) is 0 Å². The third kappa shape index (κ3) is 2.84. The van der Waals surface area contributed by atoms with Gasteiger partial charge in [-0.05, 0) is 46.7 Å². The minimum absolute atomic E-state index is 0.352. The number of likely N-dealkylation sites (tertiary alicyclic amines) is 1. The van der Waals surface area contributed by atoms with Crippen LogP contribution in [-0.4, -0.2) is 39.3 Å². The average molecular weight is 239 g/mol. The molecular weight excluding hydrogens is 218 g/mol. The van der Waals surface area contributed by atoms with Gasteiger partial charge in [-0.2, -0.15) is 4.98 Å². The summed E-state index contributed by atoms with van der Waals surface area (Å²) in [7, 11) is 0. The molecule has 0 saturated carbocycles. The monoisotopic (exact) mass is 239 g/mol. The Morgan fingerprint density at radius 3 is 2.41 bits per heavy atom. The molecule has 1 aliphatic rings. The second kappa shape index (κ2) is 5.14. The number of hydrogen-bond donors (Lipinski definition) is 1. The van der Waals surface area contributed by atoms with Crippen molar-refractivity contribution in [3.05, 3.63) is 11.7 Å². The third-order valence-electron chi connectivity index (χ3n) is 3.44. The van der Waals surface area contributed by atoms with Crippen molar-refractivity contribution < 1.29 is 9.63 Å². The fourth-order valence-corrected chi connectivity index (χ4v) is 2.25. The van der Waals surface area contributed by atoms with Gasteiger partial charge in [0.05, 0.1) is 0 Å². The predicted octanol–water partition coefficient (Wildman–Crippen LogP) is 1.71. The van der Waals surface area contributed by atoms with Gasteiger partial charge in [-0.1, -0.05) is 5.16 Å². The summed E-state index contributed by atoms with van der Waals surface area (Å²) in [4.78, 5) is 6.72. The van der Waals surface area contributed by atoms with E-state index in [0.717, 1.165) is 25.9 Å². The van der Waals surface area contributed by atoms with Crippen molar-refractivity contribution in [2.75, 3.05) is 13.1 Å².